The normalized spacial score (nSPS) is 15.6. The van der Waals surface area contributed by atoms with E-state index in [1.807, 2.05) is 6.92 Å². The molecule has 22 heavy (non-hydrogen) atoms. The second-order valence-corrected chi connectivity index (χ2v) is 12.0. The minimum Gasteiger partial charge on any atom is -0.463 e. The highest BCUT2D eigenvalue weighted by molar-refractivity contribution is 6.74. The smallest absolute Gasteiger partial charge is 0.330 e. The topological polar surface area (TPSA) is 52.6 Å². The first-order valence-electron chi connectivity index (χ1n) is 8.00. The molecule has 0 amide bonds. The van der Waals surface area contributed by atoms with E-state index in [4.69, 9.17) is 9.16 Å². The summed E-state index contributed by atoms with van der Waals surface area (Å²) in [6.45, 7) is 15.1. The quantitative estimate of drug-likeness (QED) is 0.277. The van der Waals surface area contributed by atoms with Gasteiger partial charge in [0.1, 0.15) is 6.29 Å². The van der Waals surface area contributed by atoms with Crippen molar-refractivity contribution in [2.24, 2.45) is 5.92 Å². The number of hydrogen-bond donors (Lipinski definition) is 0. The van der Waals surface area contributed by atoms with Gasteiger partial charge in [-0.1, -0.05) is 27.7 Å². The molecule has 0 saturated carbocycles. The van der Waals surface area contributed by atoms with Crippen molar-refractivity contribution in [3.05, 3.63) is 12.2 Å². The first-order valence-corrected chi connectivity index (χ1v) is 10.9. The highest BCUT2D eigenvalue weighted by Crippen LogP contribution is 2.38. The van der Waals surface area contributed by atoms with Crippen LogP contribution in [0.3, 0.4) is 0 Å². The van der Waals surface area contributed by atoms with Gasteiger partial charge in [-0.25, -0.2) is 4.79 Å². The Labute approximate surface area is 136 Å². The van der Waals surface area contributed by atoms with Gasteiger partial charge >= 0.3 is 5.97 Å². The van der Waals surface area contributed by atoms with E-state index in [0.29, 0.717) is 13.0 Å². The second kappa shape index (κ2) is 9.25. The van der Waals surface area contributed by atoms with Crippen LogP contribution >= 0.6 is 0 Å². The van der Waals surface area contributed by atoms with E-state index in [1.54, 1.807) is 13.0 Å². The third kappa shape index (κ3) is 7.89. The van der Waals surface area contributed by atoms with Crippen LogP contribution in [0, 0.1) is 5.92 Å². The molecule has 0 radical (unpaired) electrons. The summed E-state index contributed by atoms with van der Waals surface area (Å²) in [4.78, 5) is 22.2. The van der Waals surface area contributed by atoms with E-state index in [0.717, 1.165) is 12.7 Å². The molecule has 5 heteroatoms. The molecule has 0 rings (SSSR count). The van der Waals surface area contributed by atoms with Gasteiger partial charge in [-0.15, -0.1) is 0 Å². The fourth-order valence-electron chi connectivity index (χ4n) is 1.75. The predicted octanol–water partition coefficient (Wildman–Crippen LogP) is 4.11. The first kappa shape index (κ1) is 21.1. The molecule has 0 heterocycles. The Balaban J connectivity index is 5.00. The molecule has 0 aromatic rings. The molecule has 4 nitrogen and oxygen atoms in total. The highest BCUT2D eigenvalue weighted by Gasteiger charge is 2.38. The van der Waals surface area contributed by atoms with Gasteiger partial charge in [-0.05, 0) is 43.5 Å². The van der Waals surface area contributed by atoms with Crippen LogP contribution < -0.4 is 0 Å². The molecule has 0 aliphatic carbocycles. The molecule has 0 spiro atoms. The molecule has 0 saturated heterocycles. The van der Waals surface area contributed by atoms with Crippen molar-refractivity contribution in [2.75, 3.05) is 6.61 Å². The van der Waals surface area contributed by atoms with Gasteiger partial charge in [0.05, 0.1) is 12.7 Å². The molecule has 0 N–H and O–H groups in total. The van der Waals surface area contributed by atoms with Crippen LogP contribution in [0.1, 0.15) is 47.5 Å². The summed E-state index contributed by atoms with van der Waals surface area (Å²) in [6.07, 6.45) is 5.21. The van der Waals surface area contributed by atoms with Gasteiger partial charge in [0, 0.05) is 12.5 Å². The molecular formula is C17H32O4Si. The molecule has 0 aliphatic rings. The maximum absolute atomic E-state index is 11.5. The summed E-state index contributed by atoms with van der Waals surface area (Å²) in [5, 5.41) is 0.0942. The average Bonchev–Trinajstić information content (AvgIpc) is 2.34. The number of hydrogen-bond acceptors (Lipinski definition) is 4. The Morgan fingerprint density at radius 3 is 2.32 bits per heavy atom. The van der Waals surface area contributed by atoms with Gasteiger partial charge in [-0.2, -0.15) is 0 Å². The monoisotopic (exact) mass is 328 g/mol. The van der Waals surface area contributed by atoms with Crippen molar-refractivity contribution in [1.29, 1.82) is 0 Å². The van der Waals surface area contributed by atoms with Gasteiger partial charge in [-0.3, -0.25) is 0 Å². The van der Waals surface area contributed by atoms with E-state index in [2.05, 4.69) is 33.9 Å². The molecule has 0 bridgehead atoms. The number of rotatable bonds is 9. The summed E-state index contributed by atoms with van der Waals surface area (Å²) in [7, 11) is -1.94. The molecule has 0 unspecified atom stereocenters. The zero-order chi connectivity index (χ0) is 17.4. The molecule has 0 fully saturated rings. The van der Waals surface area contributed by atoms with Crippen molar-refractivity contribution in [2.45, 2.75) is 71.7 Å². The molecular weight excluding hydrogens is 296 g/mol. The summed E-state index contributed by atoms with van der Waals surface area (Å²) in [6, 6.07) is 0. The van der Waals surface area contributed by atoms with Crippen LogP contribution in [0.5, 0.6) is 0 Å². The lowest BCUT2D eigenvalue weighted by atomic mass is 10.0. The minimum atomic E-state index is -1.94. The Bertz CT molecular complexity index is 383. The number of aldehydes is 1. The minimum absolute atomic E-state index is 0.0942. The Kier molecular flexibility index (Phi) is 8.86. The Morgan fingerprint density at radius 1 is 1.27 bits per heavy atom. The van der Waals surface area contributed by atoms with Crippen molar-refractivity contribution >= 4 is 20.6 Å². The zero-order valence-electron chi connectivity index (χ0n) is 15.1. The van der Waals surface area contributed by atoms with Crippen molar-refractivity contribution in [3.8, 4) is 0 Å². The zero-order valence-corrected chi connectivity index (χ0v) is 16.1. The summed E-state index contributed by atoms with van der Waals surface area (Å²) in [5.41, 5.74) is 0. The van der Waals surface area contributed by atoms with Crippen LogP contribution in [0.25, 0.3) is 0 Å². The number of ether oxygens (including phenoxy) is 1. The Morgan fingerprint density at radius 2 is 1.86 bits per heavy atom. The molecule has 0 aromatic carbocycles. The van der Waals surface area contributed by atoms with Crippen molar-refractivity contribution in [3.63, 3.8) is 0 Å². The molecule has 128 valence electrons. The first-order chi connectivity index (χ1) is 10.0. The van der Waals surface area contributed by atoms with Gasteiger partial charge in [0.15, 0.2) is 8.32 Å². The second-order valence-electron chi connectivity index (χ2n) is 7.27. The lowest BCUT2D eigenvalue weighted by Crippen LogP contribution is -2.43. The fraction of sp³-hybridized carbons (Fsp3) is 0.765. The highest BCUT2D eigenvalue weighted by atomic mass is 28.4. The van der Waals surface area contributed by atoms with Crippen molar-refractivity contribution < 1.29 is 18.8 Å². The van der Waals surface area contributed by atoms with Gasteiger partial charge in [0.2, 0.25) is 0 Å². The average molecular weight is 329 g/mol. The fourth-order valence-corrected chi connectivity index (χ4v) is 3.04. The van der Waals surface area contributed by atoms with E-state index in [9.17, 15) is 9.59 Å². The summed E-state index contributed by atoms with van der Waals surface area (Å²) in [5.74, 6) is -0.131. The van der Waals surface area contributed by atoms with Crippen LogP contribution in [-0.2, 0) is 18.8 Å². The van der Waals surface area contributed by atoms with Gasteiger partial charge in [0.25, 0.3) is 0 Å². The van der Waals surface area contributed by atoms with Crippen LogP contribution in [0.15, 0.2) is 12.2 Å². The predicted molar refractivity (Wildman–Crippen MR) is 92.3 cm³/mol. The van der Waals surface area contributed by atoms with Crippen LogP contribution in [-0.4, -0.2) is 33.3 Å². The van der Waals surface area contributed by atoms with Gasteiger partial charge < -0.3 is 14.0 Å². The Hall–Kier alpha value is -0.943. The van der Waals surface area contributed by atoms with Crippen molar-refractivity contribution in [1.82, 2.24) is 0 Å². The van der Waals surface area contributed by atoms with Crippen LogP contribution in [0.4, 0.5) is 0 Å². The SMILES string of the molecule is CCOC(=O)/C=C/[C@H](C[C@H](C)CC=O)O[Si](C)(C)C(C)(C)C. The van der Waals surface area contributed by atoms with E-state index in [-0.39, 0.29) is 23.0 Å². The summed E-state index contributed by atoms with van der Waals surface area (Å²) >= 11 is 0. The van der Waals surface area contributed by atoms with E-state index in [1.165, 1.54) is 6.08 Å². The largest absolute Gasteiger partial charge is 0.463 e. The number of carbonyl (C=O) groups excluding carboxylic acids is 2. The third-order valence-electron chi connectivity index (χ3n) is 4.12. The lowest BCUT2D eigenvalue weighted by molar-refractivity contribution is -0.137. The standard InChI is InChI=1S/C17H32O4Si/c1-8-20-16(19)10-9-15(13-14(2)11-12-18)21-22(6,7)17(3,4)5/h9-10,12,14-15H,8,11,13H2,1-7H3/b10-9+/t14-,15-/m1/s1. The lowest BCUT2D eigenvalue weighted by Gasteiger charge is -2.39. The third-order valence-corrected chi connectivity index (χ3v) is 8.62. The summed E-state index contributed by atoms with van der Waals surface area (Å²) < 4.78 is 11.3. The van der Waals surface area contributed by atoms with E-state index >= 15 is 0 Å². The van der Waals surface area contributed by atoms with Crippen LogP contribution in [0.2, 0.25) is 18.1 Å². The molecule has 0 aliphatic heterocycles. The van der Waals surface area contributed by atoms with E-state index < -0.39 is 8.32 Å². The maximum Gasteiger partial charge on any atom is 0.330 e. The number of esters is 1. The maximum atomic E-state index is 11.5. The molecule has 2 atom stereocenters. The molecule has 0 aromatic heterocycles. The number of carbonyl (C=O) groups is 2.